The summed E-state index contributed by atoms with van der Waals surface area (Å²) in [4.78, 5) is 2.37. The van der Waals surface area contributed by atoms with Crippen molar-refractivity contribution in [3.8, 4) is 34.4 Å². The summed E-state index contributed by atoms with van der Waals surface area (Å²) in [6, 6.07) is 31.9. The predicted octanol–water partition coefficient (Wildman–Crippen LogP) is 9.00. The number of rotatable bonds is 7. The number of nitriles is 1. The van der Waals surface area contributed by atoms with Gasteiger partial charge < -0.3 is 23.8 Å². The van der Waals surface area contributed by atoms with Crippen molar-refractivity contribution in [1.82, 2.24) is 0 Å². The second-order valence-corrected chi connectivity index (χ2v) is 13.1. The molecule has 0 saturated carbocycles. The van der Waals surface area contributed by atoms with Gasteiger partial charge in [0.1, 0.15) is 17.2 Å². The van der Waals surface area contributed by atoms with E-state index in [0.29, 0.717) is 5.56 Å². The minimum atomic E-state index is -0.909. The number of hydrogen-bond acceptors (Lipinski definition) is 6. The first-order valence-electron chi connectivity index (χ1n) is 17.2. The Labute approximate surface area is 288 Å². The molecular weight excluding hydrogens is 608 g/mol. The number of morpholine rings is 1. The number of nitrogens with zero attached hydrogens (tertiary/aromatic N) is 2. The Morgan fingerprint density at radius 2 is 1.47 bits per heavy atom. The molecule has 5 aromatic rings. The van der Waals surface area contributed by atoms with Crippen LogP contribution in [0.5, 0.6) is 17.2 Å². The third-order valence-corrected chi connectivity index (χ3v) is 11.1. The Hall–Kier alpha value is -5.25. The molecule has 0 aromatic heterocycles. The van der Waals surface area contributed by atoms with Gasteiger partial charge in [0, 0.05) is 46.3 Å². The lowest BCUT2D eigenvalue weighted by Crippen LogP contribution is -2.37. The molecule has 0 bridgehead atoms. The van der Waals surface area contributed by atoms with Crippen LogP contribution in [0.2, 0.25) is 0 Å². The van der Waals surface area contributed by atoms with E-state index in [9.17, 15) is 5.26 Å². The molecule has 0 amide bonds. The first-order chi connectivity index (χ1) is 24.0. The van der Waals surface area contributed by atoms with Gasteiger partial charge in [-0.25, -0.2) is 0 Å². The van der Waals surface area contributed by atoms with E-state index in [4.69, 9.17) is 18.9 Å². The monoisotopic (exact) mass is 648 g/mol. The first-order valence-corrected chi connectivity index (χ1v) is 17.2. The number of fused-ring (bicyclic) bond motifs is 8. The van der Waals surface area contributed by atoms with E-state index in [0.717, 1.165) is 83.9 Å². The summed E-state index contributed by atoms with van der Waals surface area (Å²) in [7, 11) is 3.39. The second kappa shape index (κ2) is 12.0. The zero-order valence-electron chi connectivity index (χ0n) is 28.5. The second-order valence-electron chi connectivity index (χ2n) is 13.1. The van der Waals surface area contributed by atoms with Crippen molar-refractivity contribution >= 4 is 22.5 Å². The lowest BCUT2D eigenvalue weighted by Gasteiger charge is -2.39. The molecular formula is C43H40N2O4. The van der Waals surface area contributed by atoms with Crippen molar-refractivity contribution in [3.63, 3.8) is 0 Å². The Balaban J connectivity index is 1.39. The Bertz CT molecular complexity index is 2140. The smallest absolute Gasteiger partial charge is 0.178 e. The molecule has 0 N–H and O–H groups in total. The van der Waals surface area contributed by atoms with Gasteiger partial charge in [-0.2, -0.15) is 5.26 Å². The van der Waals surface area contributed by atoms with Gasteiger partial charge in [-0.1, -0.05) is 50.3 Å². The quantitative estimate of drug-likeness (QED) is 0.176. The summed E-state index contributed by atoms with van der Waals surface area (Å²) in [6.07, 6.45) is 6.31. The SMILES string of the molecule is CCC1(CC)c2cc(C#N)ccc2-c2c1c1c(c3cc(OC)ccc23)OC(c2ccc(OC)cc2)(c2ccc(N3CCOCC3)cc2)C=C1. The summed E-state index contributed by atoms with van der Waals surface area (Å²) >= 11 is 0. The van der Waals surface area contributed by atoms with Crippen molar-refractivity contribution in [3.05, 3.63) is 124 Å². The standard InChI is InChI=1S/C43H40N2O4/c1-5-42(6-2)38-25-28(27-44)7-17-35(38)39-34-18-16-33(47-4)26-37(34)41-36(40(39)42)19-20-43(49-41,30-10-14-32(46-3)15-11-30)29-8-12-31(13-9-29)45-21-23-48-24-22-45/h7-20,25-26H,5-6,21-24H2,1-4H3. The maximum absolute atomic E-state index is 9.91. The Morgan fingerprint density at radius 1 is 0.796 bits per heavy atom. The van der Waals surface area contributed by atoms with Gasteiger partial charge in [0.25, 0.3) is 0 Å². The van der Waals surface area contributed by atoms with E-state index in [1.165, 1.54) is 27.9 Å². The summed E-state index contributed by atoms with van der Waals surface area (Å²) in [5.74, 6) is 2.40. The van der Waals surface area contributed by atoms with E-state index in [2.05, 4.69) is 97.6 Å². The van der Waals surface area contributed by atoms with Crippen molar-refractivity contribution in [1.29, 1.82) is 5.26 Å². The van der Waals surface area contributed by atoms with Crippen LogP contribution >= 0.6 is 0 Å². The zero-order valence-corrected chi connectivity index (χ0v) is 28.5. The molecule has 1 unspecified atom stereocenters. The summed E-state index contributed by atoms with van der Waals surface area (Å²) < 4.78 is 24.5. The number of benzene rings is 5. The highest BCUT2D eigenvalue weighted by Gasteiger charge is 2.47. The minimum Gasteiger partial charge on any atom is -0.497 e. The van der Waals surface area contributed by atoms with Gasteiger partial charge in [-0.15, -0.1) is 0 Å². The van der Waals surface area contributed by atoms with Gasteiger partial charge in [-0.05, 0) is 101 Å². The summed E-state index contributed by atoms with van der Waals surface area (Å²) in [5, 5.41) is 12.0. The molecule has 2 heterocycles. The largest absolute Gasteiger partial charge is 0.497 e. The highest BCUT2D eigenvalue weighted by Crippen LogP contribution is 2.60. The van der Waals surface area contributed by atoms with Crippen LogP contribution in [0, 0.1) is 11.3 Å². The Morgan fingerprint density at radius 3 is 2.12 bits per heavy atom. The maximum atomic E-state index is 9.91. The van der Waals surface area contributed by atoms with Crippen LogP contribution in [0.4, 0.5) is 5.69 Å². The predicted molar refractivity (Wildman–Crippen MR) is 195 cm³/mol. The highest BCUT2D eigenvalue weighted by atomic mass is 16.5. The molecule has 0 radical (unpaired) electrons. The van der Waals surface area contributed by atoms with Crippen molar-refractivity contribution in [2.24, 2.45) is 0 Å². The minimum absolute atomic E-state index is 0.274. The molecule has 3 aliphatic rings. The number of methoxy groups -OCH3 is 2. The molecule has 1 fully saturated rings. The van der Waals surface area contributed by atoms with Crippen LogP contribution in [0.1, 0.15) is 60.1 Å². The number of anilines is 1. The van der Waals surface area contributed by atoms with Crippen LogP contribution < -0.4 is 19.1 Å². The van der Waals surface area contributed by atoms with Crippen LogP contribution in [0.15, 0.2) is 91.0 Å². The zero-order chi connectivity index (χ0) is 33.8. The van der Waals surface area contributed by atoms with Crippen LogP contribution in [0.25, 0.3) is 28.0 Å². The lowest BCUT2D eigenvalue weighted by atomic mass is 9.71. The summed E-state index contributed by atoms with van der Waals surface area (Å²) in [6.45, 7) is 7.74. The normalized spacial score (nSPS) is 18.6. The third-order valence-electron chi connectivity index (χ3n) is 11.1. The van der Waals surface area contributed by atoms with Crippen molar-refractivity contribution in [2.75, 3.05) is 45.4 Å². The van der Waals surface area contributed by atoms with Gasteiger partial charge in [0.15, 0.2) is 5.60 Å². The van der Waals surface area contributed by atoms with Crippen LogP contribution in [-0.4, -0.2) is 40.5 Å². The molecule has 5 aromatic carbocycles. The molecule has 246 valence electrons. The maximum Gasteiger partial charge on any atom is 0.178 e. The Kier molecular flexibility index (Phi) is 7.61. The van der Waals surface area contributed by atoms with E-state index in [1.54, 1.807) is 14.2 Å². The van der Waals surface area contributed by atoms with Gasteiger partial charge in [0.2, 0.25) is 0 Å². The average molecular weight is 649 g/mol. The molecule has 0 spiro atoms. The lowest BCUT2D eigenvalue weighted by molar-refractivity contribution is 0.122. The number of ether oxygens (including phenoxy) is 4. The van der Waals surface area contributed by atoms with E-state index < -0.39 is 5.60 Å². The molecule has 1 atom stereocenters. The molecule has 49 heavy (non-hydrogen) atoms. The van der Waals surface area contributed by atoms with Gasteiger partial charge in [0.05, 0.1) is 39.1 Å². The molecule has 8 rings (SSSR count). The average Bonchev–Trinajstić information content (AvgIpc) is 3.48. The third kappa shape index (κ3) is 4.64. The molecule has 6 nitrogen and oxygen atoms in total. The van der Waals surface area contributed by atoms with Gasteiger partial charge in [-0.3, -0.25) is 0 Å². The fraction of sp³-hybridized carbons (Fsp3) is 0.279. The van der Waals surface area contributed by atoms with Gasteiger partial charge >= 0.3 is 0 Å². The fourth-order valence-electron chi connectivity index (χ4n) is 8.43. The summed E-state index contributed by atoms with van der Waals surface area (Å²) in [5.41, 5.74) is 8.71. The molecule has 6 heteroatoms. The van der Waals surface area contributed by atoms with Crippen molar-refractivity contribution in [2.45, 2.75) is 37.7 Å². The highest BCUT2D eigenvalue weighted by molar-refractivity contribution is 6.09. The van der Waals surface area contributed by atoms with E-state index in [-0.39, 0.29) is 5.41 Å². The molecule has 2 aliphatic heterocycles. The topological polar surface area (TPSA) is 64.0 Å². The van der Waals surface area contributed by atoms with E-state index >= 15 is 0 Å². The molecule has 1 aliphatic carbocycles. The first kappa shape index (κ1) is 31.0. The fourth-order valence-corrected chi connectivity index (χ4v) is 8.43. The van der Waals surface area contributed by atoms with Crippen molar-refractivity contribution < 1.29 is 18.9 Å². The van der Waals surface area contributed by atoms with E-state index in [1.807, 2.05) is 24.3 Å². The molecule has 1 saturated heterocycles. The van der Waals surface area contributed by atoms with Crippen LogP contribution in [-0.2, 0) is 15.8 Å². The van der Waals surface area contributed by atoms with Crippen LogP contribution in [0.3, 0.4) is 0 Å². The number of hydrogen-bond donors (Lipinski definition) is 0.